The summed E-state index contributed by atoms with van der Waals surface area (Å²) in [4.78, 5) is 24.6. The van der Waals surface area contributed by atoms with Crippen LogP contribution in [-0.4, -0.2) is 23.6 Å². The van der Waals surface area contributed by atoms with Gasteiger partial charge in [0, 0.05) is 22.6 Å². The molecule has 0 saturated carbocycles. The Balaban J connectivity index is 1.89. The van der Waals surface area contributed by atoms with E-state index in [1.165, 1.54) is 19.2 Å². The maximum atomic E-state index is 13.3. The van der Waals surface area contributed by atoms with Gasteiger partial charge in [0.15, 0.2) is 0 Å². The summed E-state index contributed by atoms with van der Waals surface area (Å²) in [5, 5.41) is 2.82. The van der Waals surface area contributed by atoms with Crippen LogP contribution in [0.5, 0.6) is 0 Å². The lowest BCUT2D eigenvalue weighted by molar-refractivity contribution is -0.110. The quantitative estimate of drug-likeness (QED) is 0.568. The SMILES string of the molecule is COC(=O)c1ccc(C=C2C(=O)Nc3ccccc32)n1-c1ccc(F)cc1. The number of amides is 1. The van der Waals surface area contributed by atoms with Crippen LogP contribution in [0.4, 0.5) is 10.1 Å². The Kier molecular flexibility index (Phi) is 4.08. The Hall–Kier alpha value is -3.67. The lowest BCUT2D eigenvalue weighted by atomic mass is 10.1. The average molecular weight is 362 g/mol. The van der Waals surface area contributed by atoms with Crippen LogP contribution < -0.4 is 5.32 Å². The molecule has 1 amide bonds. The predicted octanol–water partition coefficient (Wildman–Crippen LogP) is 3.90. The molecule has 1 N–H and O–H groups in total. The minimum Gasteiger partial charge on any atom is -0.464 e. The molecule has 0 radical (unpaired) electrons. The second kappa shape index (κ2) is 6.57. The number of aromatic nitrogens is 1. The van der Waals surface area contributed by atoms with Gasteiger partial charge in [0.25, 0.3) is 5.91 Å². The number of rotatable bonds is 3. The van der Waals surface area contributed by atoms with Crippen molar-refractivity contribution < 1.29 is 18.7 Å². The van der Waals surface area contributed by atoms with Crippen LogP contribution in [0.15, 0.2) is 60.7 Å². The molecule has 0 spiro atoms. The Morgan fingerprint density at radius 2 is 1.81 bits per heavy atom. The van der Waals surface area contributed by atoms with Gasteiger partial charge in [-0.2, -0.15) is 0 Å². The number of hydrogen-bond donors (Lipinski definition) is 1. The summed E-state index contributed by atoms with van der Waals surface area (Å²) in [5.74, 6) is -1.13. The summed E-state index contributed by atoms with van der Waals surface area (Å²) in [6.07, 6.45) is 1.71. The molecule has 0 aliphatic carbocycles. The van der Waals surface area contributed by atoms with Crippen LogP contribution in [0.2, 0.25) is 0 Å². The van der Waals surface area contributed by atoms with Gasteiger partial charge in [-0.3, -0.25) is 4.79 Å². The molecule has 0 fully saturated rings. The first kappa shape index (κ1) is 16.8. The molecule has 2 heterocycles. The molecule has 1 aromatic heterocycles. The van der Waals surface area contributed by atoms with Crippen molar-refractivity contribution >= 4 is 29.2 Å². The minimum absolute atomic E-state index is 0.220. The number of anilines is 1. The summed E-state index contributed by atoms with van der Waals surface area (Å²) < 4.78 is 19.8. The number of esters is 1. The highest BCUT2D eigenvalue weighted by Crippen LogP contribution is 2.33. The number of methoxy groups -OCH3 is 1. The van der Waals surface area contributed by atoms with Crippen molar-refractivity contribution in [1.29, 1.82) is 0 Å². The maximum absolute atomic E-state index is 13.3. The number of carbonyl (C=O) groups is 2. The van der Waals surface area contributed by atoms with E-state index in [4.69, 9.17) is 4.74 Å². The molecule has 0 atom stereocenters. The summed E-state index contributed by atoms with van der Waals surface area (Å²) in [6.45, 7) is 0. The van der Waals surface area contributed by atoms with Crippen LogP contribution in [0.3, 0.4) is 0 Å². The topological polar surface area (TPSA) is 60.3 Å². The van der Waals surface area contributed by atoms with E-state index in [1.807, 2.05) is 24.3 Å². The van der Waals surface area contributed by atoms with Crippen molar-refractivity contribution in [2.24, 2.45) is 0 Å². The standard InChI is InChI=1S/C21H15FN2O3/c1-27-21(26)19-11-10-15(24(19)14-8-6-13(22)7-9-14)12-17-16-4-2-3-5-18(16)23-20(17)25/h2-12H,1H3,(H,23,25). The van der Waals surface area contributed by atoms with Gasteiger partial charge < -0.3 is 14.6 Å². The molecule has 0 saturated heterocycles. The van der Waals surface area contributed by atoms with Crippen molar-refractivity contribution in [2.45, 2.75) is 0 Å². The summed E-state index contributed by atoms with van der Waals surface area (Å²) in [7, 11) is 1.29. The molecule has 2 aromatic carbocycles. The third kappa shape index (κ3) is 2.91. The Morgan fingerprint density at radius 1 is 1.07 bits per heavy atom. The zero-order valence-electron chi connectivity index (χ0n) is 14.4. The lowest BCUT2D eigenvalue weighted by Crippen LogP contribution is -2.10. The van der Waals surface area contributed by atoms with E-state index in [-0.39, 0.29) is 17.4 Å². The highest BCUT2D eigenvalue weighted by atomic mass is 19.1. The Bertz CT molecular complexity index is 1080. The monoisotopic (exact) mass is 362 g/mol. The summed E-state index contributed by atoms with van der Waals surface area (Å²) >= 11 is 0. The first-order valence-corrected chi connectivity index (χ1v) is 8.27. The van der Waals surface area contributed by atoms with Gasteiger partial charge in [-0.25, -0.2) is 9.18 Å². The number of fused-ring (bicyclic) bond motifs is 1. The van der Waals surface area contributed by atoms with Crippen LogP contribution in [0.1, 0.15) is 21.7 Å². The zero-order chi connectivity index (χ0) is 19.0. The summed E-state index contributed by atoms with van der Waals surface area (Å²) in [5.41, 5.74) is 3.48. The van der Waals surface area contributed by atoms with Crippen LogP contribution >= 0.6 is 0 Å². The Labute approximate surface area is 154 Å². The van der Waals surface area contributed by atoms with E-state index in [0.717, 1.165) is 11.3 Å². The number of para-hydroxylation sites is 1. The number of nitrogens with zero attached hydrogens (tertiary/aromatic N) is 1. The zero-order valence-corrected chi connectivity index (χ0v) is 14.4. The second-order valence-electron chi connectivity index (χ2n) is 6.00. The van der Waals surface area contributed by atoms with Gasteiger partial charge in [-0.15, -0.1) is 0 Å². The molecule has 1 aliphatic heterocycles. The van der Waals surface area contributed by atoms with E-state index in [9.17, 15) is 14.0 Å². The van der Waals surface area contributed by atoms with Gasteiger partial charge in [0.1, 0.15) is 11.5 Å². The minimum atomic E-state index is -0.528. The molecule has 27 heavy (non-hydrogen) atoms. The molecule has 0 bridgehead atoms. The molecule has 5 nitrogen and oxygen atoms in total. The number of halogens is 1. The van der Waals surface area contributed by atoms with E-state index >= 15 is 0 Å². The molecule has 4 rings (SSSR count). The molecule has 6 heteroatoms. The fourth-order valence-corrected chi connectivity index (χ4v) is 3.14. The van der Waals surface area contributed by atoms with Crippen LogP contribution in [0.25, 0.3) is 17.3 Å². The number of carbonyl (C=O) groups excluding carboxylic acids is 2. The highest BCUT2D eigenvalue weighted by Gasteiger charge is 2.25. The molecule has 134 valence electrons. The highest BCUT2D eigenvalue weighted by molar-refractivity contribution is 6.34. The normalized spacial score (nSPS) is 14.1. The van der Waals surface area contributed by atoms with E-state index in [2.05, 4.69) is 5.32 Å². The average Bonchev–Trinajstić information content (AvgIpc) is 3.23. The number of ether oxygens (including phenoxy) is 1. The van der Waals surface area contributed by atoms with Crippen molar-refractivity contribution in [3.05, 3.63) is 83.4 Å². The fourth-order valence-electron chi connectivity index (χ4n) is 3.14. The molecular formula is C21H15FN2O3. The fraction of sp³-hybridized carbons (Fsp3) is 0.0476. The second-order valence-corrected chi connectivity index (χ2v) is 6.00. The van der Waals surface area contributed by atoms with E-state index < -0.39 is 5.97 Å². The predicted molar refractivity (Wildman–Crippen MR) is 100 cm³/mol. The molecule has 0 unspecified atom stereocenters. The third-order valence-electron chi connectivity index (χ3n) is 4.39. The van der Waals surface area contributed by atoms with Gasteiger partial charge in [0.2, 0.25) is 0 Å². The van der Waals surface area contributed by atoms with Crippen molar-refractivity contribution in [2.75, 3.05) is 12.4 Å². The van der Waals surface area contributed by atoms with Crippen molar-refractivity contribution in [3.8, 4) is 5.69 Å². The van der Waals surface area contributed by atoms with Gasteiger partial charge >= 0.3 is 5.97 Å². The first-order chi connectivity index (χ1) is 13.1. The number of nitrogens with one attached hydrogen (secondary N) is 1. The van der Waals surface area contributed by atoms with E-state index in [1.54, 1.807) is 34.9 Å². The van der Waals surface area contributed by atoms with Crippen LogP contribution in [0, 0.1) is 5.82 Å². The lowest BCUT2D eigenvalue weighted by Gasteiger charge is -2.11. The Morgan fingerprint density at radius 3 is 2.56 bits per heavy atom. The van der Waals surface area contributed by atoms with Gasteiger partial charge in [-0.1, -0.05) is 18.2 Å². The number of hydrogen-bond acceptors (Lipinski definition) is 3. The first-order valence-electron chi connectivity index (χ1n) is 8.27. The largest absolute Gasteiger partial charge is 0.464 e. The smallest absolute Gasteiger partial charge is 0.355 e. The van der Waals surface area contributed by atoms with Crippen molar-refractivity contribution in [1.82, 2.24) is 4.57 Å². The van der Waals surface area contributed by atoms with Gasteiger partial charge in [0.05, 0.1) is 12.7 Å². The molecule has 1 aliphatic rings. The van der Waals surface area contributed by atoms with Gasteiger partial charge in [-0.05, 0) is 48.5 Å². The number of benzene rings is 2. The molecule has 3 aromatic rings. The summed E-state index contributed by atoms with van der Waals surface area (Å²) in [6, 6.07) is 16.5. The van der Waals surface area contributed by atoms with Crippen molar-refractivity contribution in [3.63, 3.8) is 0 Å². The van der Waals surface area contributed by atoms with Crippen LogP contribution in [-0.2, 0) is 9.53 Å². The third-order valence-corrected chi connectivity index (χ3v) is 4.39. The maximum Gasteiger partial charge on any atom is 0.355 e. The van der Waals surface area contributed by atoms with E-state index in [0.29, 0.717) is 17.0 Å². The molecular weight excluding hydrogens is 347 g/mol.